The van der Waals surface area contributed by atoms with Crippen LogP contribution in [0, 0.1) is 23.2 Å². The lowest BCUT2D eigenvalue weighted by molar-refractivity contribution is -0.146. The van der Waals surface area contributed by atoms with Crippen molar-refractivity contribution in [3.63, 3.8) is 0 Å². The largest absolute Gasteiger partial charge is 0.497 e. The maximum Gasteiger partial charge on any atom is 0.246 e. The lowest BCUT2D eigenvalue weighted by Crippen LogP contribution is -2.52. The number of nitrogens with zero attached hydrogens (tertiary/aromatic N) is 1. The van der Waals surface area contributed by atoms with Crippen LogP contribution in [0.5, 0.6) is 5.75 Å². The van der Waals surface area contributed by atoms with Crippen molar-refractivity contribution in [2.45, 2.75) is 38.5 Å². The molecule has 1 aromatic carbocycles. The third-order valence-corrected chi connectivity index (χ3v) is 6.02. The quantitative estimate of drug-likeness (QED) is 0.684. The summed E-state index contributed by atoms with van der Waals surface area (Å²) in [7, 11) is 1.65. The van der Waals surface area contributed by atoms with Gasteiger partial charge < -0.3 is 4.74 Å². The Hall–Kier alpha value is -1.84. The molecule has 4 aliphatic carbocycles. The van der Waals surface area contributed by atoms with Gasteiger partial charge in [0.1, 0.15) is 5.75 Å². The van der Waals surface area contributed by atoms with Crippen LogP contribution in [-0.2, 0) is 4.79 Å². The fourth-order valence-electron chi connectivity index (χ4n) is 5.36. The van der Waals surface area contributed by atoms with Crippen molar-refractivity contribution in [3.8, 4) is 5.75 Å². The Morgan fingerprint density at radius 1 is 1.13 bits per heavy atom. The SMILES string of the molecule is COc1ccc(/C=N\NC(=O)C23CC4CC(CC(C4)C2)C3)cc1. The Morgan fingerprint density at radius 3 is 2.22 bits per heavy atom. The van der Waals surface area contributed by atoms with Gasteiger partial charge in [0, 0.05) is 0 Å². The molecule has 1 amide bonds. The first kappa shape index (κ1) is 14.7. The summed E-state index contributed by atoms with van der Waals surface area (Å²) in [6, 6.07) is 7.64. The summed E-state index contributed by atoms with van der Waals surface area (Å²) in [5, 5.41) is 4.19. The van der Waals surface area contributed by atoms with Gasteiger partial charge in [-0.25, -0.2) is 5.43 Å². The van der Waals surface area contributed by atoms with E-state index in [0.29, 0.717) is 0 Å². The zero-order valence-corrected chi connectivity index (χ0v) is 13.6. The van der Waals surface area contributed by atoms with Crippen LogP contribution in [0.1, 0.15) is 44.1 Å². The van der Waals surface area contributed by atoms with Crippen molar-refractivity contribution < 1.29 is 9.53 Å². The molecule has 4 nitrogen and oxygen atoms in total. The van der Waals surface area contributed by atoms with Crippen molar-refractivity contribution >= 4 is 12.1 Å². The minimum absolute atomic E-state index is 0.133. The monoisotopic (exact) mass is 312 g/mol. The molecule has 1 aromatic rings. The number of nitrogens with one attached hydrogen (secondary N) is 1. The first-order valence-corrected chi connectivity index (χ1v) is 8.64. The molecule has 0 radical (unpaired) electrons. The highest BCUT2D eigenvalue weighted by atomic mass is 16.5. The number of hydrogen-bond donors (Lipinski definition) is 1. The highest BCUT2D eigenvalue weighted by Gasteiger charge is 2.54. The number of benzene rings is 1. The van der Waals surface area contributed by atoms with E-state index >= 15 is 0 Å². The molecule has 4 fully saturated rings. The van der Waals surface area contributed by atoms with E-state index in [1.807, 2.05) is 24.3 Å². The molecular weight excluding hydrogens is 288 g/mol. The molecule has 0 aliphatic heterocycles. The lowest BCUT2D eigenvalue weighted by atomic mass is 9.49. The maximum atomic E-state index is 12.7. The second-order valence-corrected chi connectivity index (χ2v) is 7.67. The lowest BCUT2D eigenvalue weighted by Gasteiger charge is -2.55. The average molecular weight is 312 g/mol. The van der Waals surface area contributed by atoms with Gasteiger partial charge in [-0.05, 0) is 86.1 Å². The van der Waals surface area contributed by atoms with Gasteiger partial charge in [-0.1, -0.05) is 0 Å². The predicted octanol–water partition coefficient (Wildman–Crippen LogP) is 3.36. The molecule has 0 unspecified atom stereocenters. The van der Waals surface area contributed by atoms with Crippen LogP contribution >= 0.6 is 0 Å². The van der Waals surface area contributed by atoms with Crippen molar-refractivity contribution in [2.75, 3.05) is 7.11 Å². The summed E-state index contributed by atoms with van der Waals surface area (Å²) < 4.78 is 5.14. The summed E-state index contributed by atoms with van der Waals surface area (Å²) in [6.07, 6.45) is 8.97. The number of hydrogen-bond acceptors (Lipinski definition) is 3. The Balaban J connectivity index is 1.40. The molecule has 122 valence electrons. The molecule has 1 N–H and O–H groups in total. The van der Waals surface area contributed by atoms with Crippen LogP contribution < -0.4 is 10.2 Å². The fraction of sp³-hybridized carbons (Fsp3) is 0.579. The number of carbonyl (C=O) groups is 1. The van der Waals surface area contributed by atoms with Gasteiger partial charge in [0.05, 0.1) is 18.7 Å². The van der Waals surface area contributed by atoms with Gasteiger partial charge in [0.15, 0.2) is 0 Å². The molecule has 0 aromatic heterocycles. The molecular formula is C19H24N2O2. The van der Waals surface area contributed by atoms with Crippen molar-refractivity contribution in [2.24, 2.45) is 28.3 Å². The number of hydrazone groups is 1. The number of carbonyl (C=O) groups excluding carboxylic acids is 1. The summed E-state index contributed by atoms with van der Waals surface area (Å²) in [6.45, 7) is 0. The first-order valence-electron chi connectivity index (χ1n) is 8.64. The van der Waals surface area contributed by atoms with Gasteiger partial charge in [-0.2, -0.15) is 5.10 Å². The van der Waals surface area contributed by atoms with Gasteiger partial charge in [-0.3, -0.25) is 4.79 Å². The molecule has 4 aliphatic rings. The zero-order valence-electron chi connectivity index (χ0n) is 13.6. The van der Waals surface area contributed by atoms with Gasteiger partial charge in [0.25, 0.3) is 0 Å². The molecule has 4 bridgehead atoms. The van der Waals surface area contributed by atoms with Crippen LogP contribution in [0.4, 0.5) is 0 Å². The van der Waals surface area contributed by atoms with E-state index in [-0.39, 0.29) is 11.3 Å². The van der Waals surface area contributed by atoms with Crippen LogP contribution in [0.2, 0.25) is 0 Å². The minimum Gasteiger partial charge on any atom is -0.497 e. The number of rotatable bonds is 4. The maximum absolute atomic E-state index is 12.7. The minimum atomic E-state index is -0.133. The molecule has 4 heteroatoms. The Kier molecular flexibility index (Phi) is 3.63. The van der Waals surface area contributed by atoms with Crippen molar-refractivity contribution in [1.82, 2.24) is 5.43 Å². The topological polar surface area (TPSA) is 50.7 Å². The van der Waals surface area contributed by atoms with Gasteiger partial charge >= 0.3 is 0 Å². The number of amides is 1. The Labute approximate surface area is 137 Å². The molecule has 23 heavy (non-hydrogen) atoms. The van der Waals surface area contributed by atoms with E-state index < -0.39 is 0 Å². The van der Waals surface area contributed by atoms with E-state index in [2.05, 4.69) is 10.5 Å². The van der Waals surface area contributed by atoms with E-state index in [1.165, 1.54) is 19.3 Å². The van der Waals surface area contributed by atoms with Crippen LogP contribution in [0.3, 0.4) is 0 Å². The van der Waals surface area contributed by atoms with Crippen molar-refractivity contribution in [1.29, 1.82) is 0 Å². The Bertz CT molecular complexity index is 585. The van der Waals surface area contributed by atoms with E-state index in [1.54, 1.807) is 13.3 Å². The molecule has 0 spiro atoms. The molecule has 0 saturated heterocycles. The first-order chi connectivity index (χ1) is 11.2. The smallest absolute Gasteiger partial charge is 0.246 e. The second-order valence-electron chi connectivity index (χ2n) is 7.67. The highest BCUT2D eigenvalue weighted by molar-refractivity contribution is 5.85. The van der Waals surface area contributed by atoms with E-state index in [0.717, 1.165) is 48.3 Å². The molecule has 4 saturated carbocycles. The standard InChI is InChI=1S/C19H24N2O2/c1-23-17-4-2-13(3-5-17)12-20-21-18(22)19-9-14-6-15(10-19)8-16(7-14)11-19/h2-5,12,14-16H,6-11H2,1H3,(H,21,22)/b20-12-. The van der Waals surface area contributed by atoms with Crippen LogP contribution in [0.25, 0.3) is 0 Å². The van der Waals surface area contributed by atoms with Crippen molar-refractivity contribution in [3.05, 3.63) is 29.8 Å². The number of ether oxygens (including phenoxy) is 1. The fourth-order valence-corrected chi connectivity index (χ4v) is 5.36. The normalized spacial score (nSPS) is 34.7. The summed E-state index contributed by atoms with van der Waals surface area (Å²) >= 11 is 0. The molecule has 5 rings (SSSR count). The summed E-state index contributed by atoms with van der Waals surface area (Å²) in [5.41, 5.74) is 3.64. The zero-order chi connectivity index (χ0) is 15.9. The third kappa shape index (κ3) is 2.75. The van der Waals surface area contributed by atoms with E-state index in [9.17, 15) is 4.79 Å². The van der Waals surface area contributed by atoms with Gasteiger partial charge in [-0.15, -0.1) is 0 Å². The van der Waals surface area contributed by atoms with E-state index in [4.69, 9.17) is 4.74 Å². The highest BCUT2D eigenvalue weighted by Crippen LogP contribution is 2.60. The van der Waals surface area contributed by atoms with Crippen LogP contribution in [-0.4, -0.2) is 19.2 Å². The molecule has 0 heterocycles. The Morgan fingerprint density at radius 2 is 1.70 bits per heavy atom. The average Bonchev–Trinajstić information content (AvgIpc) is 2.54. The second kappa shape index (κ2) is 5.66. The third-order valence-electron chi connectivity index (χ3n) is 6.02. The van der Waals surface area contributed by atoms with Crippen LogP contribution in [0.15, 0.2) is 29.4 Å². The summed E-state index contributed by atoms with van der Waals surface area (Å²) in [4.78, 5) is 12.7. The summed E-state index contributed by atoms with van der Waals surface area (Å²) in [5.74, 6) is 3.29. The molecule has 0 atom stereocenters. The number of methoxy groups -OCH3 is 1. The predicted molar refractivity (Wildman–Crippen MR) is 89.3 cm³/mol. The van der Waals surface area contributed by atoms with Gasteiger partial charge in [0.2, 0.25) is 5.91 Å².